The van der Waals surface area contributed by atoms with Crippen molar-refractivity contribution in [1.29, 1.82) is 0 Å². The van der Waals surface area contributed by atoms with Crippen molar-refractivity contribution in [3.05, 3.63) is 55.1 Å². The van der Waals surface area contributed by atoms with Crippen LogP contribution in [0.25, 0.3) is 6.08 Å². The van der Waals surface area contributed by atoms with Gasteiger partial charge in [0, 0.05) is 21.2 Å². The zero-order valence-corrected chi connectivity index (χ0v) is 14.9. The molecule has 0 fully saturated rings. The maximum atomic E-state index is 12.5. The average molecular weight is 329 g/mol. The van der Waals surface area contributed by atoms with Gasteiger partial charge in [-0.05, 0) is 56.5 Å². The number of thioether (sulfide) groups is 1. The Balaban J connectivity index is 1.84. The predicted molar refractivity (Wildman–Crippen MR) is 97.6 cm³/mol. The van der Waals surface area contributed by atoms with E-state index in [1.165, 1.54) is 26.4 Å². The van der Waals surface area contributed by atoms with Gasteiger partial charge >= 0.3 is 0 Å². The van der Waals surface area contributed by atoms with Crippen molar-refractivity contribution in [3.8, 4) is 0 Å². The highest BCUT2D eigenvalue weighted by Gasteiger charge is 2.21. The van der Waals surface area contributed by atoms with Crippen molar-refractivity contribution in [1.82, 2.24) is 0 Å². The largest absolute Gasteiger partial charge is 0.321 e. The number of amides is 1. The van der Waals surface area contributed by atoms with E-state index in [1.54, 1.807) is 23.1 Å². The lowest BCUT2D eigenvalue weighted by Crippen LogP contribution is -2.14. The minimum Gasteiger partial charge on any atom is -0.321 e. The van der Waals surface area contributed by atoms with Crippen molar-refractivity contribution in [2.24, 2.45) is 0 Å². The number of thiophene rings is 1. The van der Waals surface area contributed by atoms with E-state index in [0.717, 1.165) is 21.9 Å². The third-order valence-corrected chi connectivity index (χ3v) is 6.27. The van der Waals surface area contributed by atoms with E-state index in [4.69, 9.17) is 0 Å². The molecular weight excluding hydrogens is 310 g/mol. The lowest BCUT2D eigenvalue weighted by atomic mass is 10.1. The summed E-state index contributed by atoms with van der Waals surface area (Å²) in [5.74, 6) is 0.879. The van der Waals surface area contributed by atoms with E-state index in [9.17, 15) is 4.79 Å². The third-order valence-electron chi connectivity index (χ3n) is 4.03. The Morgan fingerprint density at radius 3 is 2.68 bits per heavy atom. The summed E-state index contributed by atoms with van der Waals surface area (Å²) in [5.41, 5.74) is 5.95. The maximum Gasteiger partial charge on any atom is 0.262 e. The van der Waals surface area contributed by atoms with Gasteiger partial charge in [0.05, 0.1) is 4.91 Å². The third kappa shape index (κ3) is 2.85. The standard InChI is InChI=1S/C18H19NOS2/c1-10-5-6-15(11(2)7-10)19-18(20)17-8-16-14(9-21-17)12(3)13(4)22-16/h5-8H,9H2,1-4H3,(H,19,20). The van der Waals surface area contributed by atoms with Crippen molar-refractivity contribution in [2.45, 2.75) is 33.4 Å². The first-order valence-electron chi connectivity index (χ1n) is 7.27. The van der Waals surface area contributed by atoms with Crippen LogP contribution in [0.4, 0.5) is 5.69 Å². The van der Waals surface area contributed by atoms with Gasteiger partial charge in [-0.3, -0.25) is 4.79 Å². The summed E-state index contributed by atoms with van der Waals surface area (Å²) in [4.78, 5) is 15.9. The average Bonchev–Trinajstić information content (AvgIpc) is 2.76. The molecule has 0 saturated carbocycles. The summed E-state index contributed by atoms with van der Waals surface area (Å²) in [7, 11) is 0. The van der Waals surface area contributed by atoms with Gasteiger partial charge in [-0.1, -0.05) is 17.7 Å². The normalized spacial score (nSPS) is 13.5. The van der Waals surface area contributed by atoms with Crippen LogP contribution in [0.5, 0.6) is 0 Å². The van der Waals surface area contributed by atoms with Gasteiger partial charge in [0.15, 0.2) is 0 Å². The minimum absolute atomic E-state index is 0.00805. The Hall–Kier alpha value is -1.52. The van der Waals surface area contributed by atoms with E-state index in [-0.39, 0.29) is 5.91 Å². The number of carbonyl (C=O) groups excluding carboxylic acids is 1. The van der Waals surface area contributed by atoms with Crippen LogP contribution in [0, 0.1) is 27.7 Å². The molecule has 1 aromatic carbocycles. The molecule has 0 radical (unpaired) electrons. The molecule has 4 heteroatoms. The number of hydrogen-bond acceptors (Lipinski definition) is 3. The molecular formula is C18H19NOS2. The second kappa shape index (κ2) is 5.94. The maximum absolute atomic E-state index is 12.5. The molecule has 0 unspecified atom stereocenters. The number of aryl methyl sites for hydroxylation is 3. The Labute approximate surface area is 139 Å². The molecule has 2 aromatic rings. The molecule has 0 atom stereocenters. The van der Waals surface area contributed by atoms with Crippen LogP contribution in [-0.2, 0) is 10.5 Å². The van der Waals surface area contributed by atoms with Gasteiger partial charge in [0.1, 0.15) is 0 Å². The van der Waals surface area contributed by atoms with Crippen LogP contribution in [-0.4, -0.2) is 5.91 Å². The molecule has 0 saturated heterocycles. The smallest absolute Gasteiger partial charge is 0.262 e. The first-order chi connectivity index (χ1) is 10.5. The van der Waals surface area contributed by atoms with Crippen molar-refractivity contribution < 1.29 is 4.79 Å². The molecule has 2 nitrogen and oxygen atoms in total. The van der Waals surface area contributed by atoms with Crippen LogP contribution < -0.4 is 5.32 Å². The molecule has 1 amide bonds. The molecule has 1 aliphatic rings. The van der Waals surface area contributed by atoms with Gasteiger partial charge in [-0.2, -0.15) is 0 Å². The SMILES string of the molecule is Cc1ccc(NC(=O)C2=Cc3sc(C)c(C)c3CS2)c(C)c1. The Bertz CT molecular complexity index is 787. The minimum atomic E-state index is -0.00805. The van der Waals surface area contributed by atoms with E-state index in [0.29, 0.717) is 0 Å². The zero-order chi connectivity index (χ0) is 15.9. The van der Waals surface area contributed by atoms with Crippen LogP contribution >= 0.6 is 23.1 Å². The molecule has 0 bridgehead atoms. The summed E-state index contributed by atoms with van der Waals surface area (Å²) in [5, 5.41) is 3.04. The zero-order valence-electron chi connectivity index (χ0n) is 13.2. The monoisotopic (exact) mass is 329 g/mol. The molecule has 114 valence electrons. The molecule has 1 aliphatic heterocycles. The Morgan fingerprint density at radius 1 is 1.18 bits per heavy atom. The molecule has 1 N–H and O–H groups in total. The summed E-state index contributed by atoms with van der Waals surface area (Å²) in [6.45, 7) is 8.39. The number of rotatable bonds is 2. The van der Waals surface area contributed by atoms with E-state index in [1.807, 2.05) is 25.1 Å². The number of anilines is 1. The quantitative estimate of drug-likeness (QED) is 0.819. The van der Waals surface area contributed by atoms with Gasteiger partial charge < -0.3 is 5.32 Å². The number of carbonyl (C=O) groups is 1. The Kier molecular flexibility index (Phi) is 4.15. The van der Waals surface area contributed by atoms with Crippen LogP contribution in [0.15, 0.2) is 23.1 Å². The fourth-order valence-electron chi connectivity index (χ4n) is 2.58. The second-order valence-electron chi connectivity index (χ2n) is 5.70. The molecule has 0 spiro atoms. The summed E-state index contributed by atoms with van der Waals surface area (Å²) >= 11 is 3.41. The van der Waals surface area contributed by atoms with Crippen molar-refractivity contribution >= 4 is 40.8 Å². The molecule has 2 heterocycles. The molecule has 0 aliphatic carbocycles. The number of hydrogen-bond donors (Lipinski definition) is 1. The number of benzene rings is 1. The van der Waals surface area contributed by atoms with Gasteiger partial charge in [-0.25, -0.2) is 0 Å². The van der Waals surface area contributed by atoms with Crippen molar-refractivity contribution in [3.63, 3.8) is 0 Å². The van der Waals surface area contributed by atoms with Crippen molar-refractivity contribution in [2.75, 3.05) is 5.32 Å². The number of fused-ring (bicyclic) bond motifs is 1. The van der Waals surface area contributed by atoms with Gasteiger partial charge in [0.25, 0.3) is 5.91 Å². The van der Waals surface area contributed by atoms with E-state index >= 15 is 0 Å². The Morgan fingerprint density at radius 2 is 1.95 bits per heavy atom. The van der Waals surface area contributed by atoms with E-state index in [2.05, 4.69) is 32.2 Å². The first-order valence-corrected chi connectivity index (χ1v) is 9.08. The second-order valence-corrected chi connectivity index (χ2v) is 7.97. The lowest BCUT2D eigenvalue weighted by Gasteiger charge is -2.15. The lowest BCUT2D eigenvalue weighted by molar-refractivity contribution is -0.112. The summed E-state index contributed by atoms with van der Waals surface area (Å²) in [6.07, 6.45) is 2.03. The first kappa shape index (κ1) is 15.4. The van der Waals surface area contributed by atoms with Crippen LogP contribution in [0.1, 0.15) is 32.0 Å². The highest BCUT2D eigenvalue weighted by Crippen LogP contribution is 2.39. The molecule has 22 heavy (non-hydrogen) atoms. The van der Waals surface area contributed by atoms with Crippen LogP contribution in [0.2, 0.25) is 0 Å². The fraction of sp³-hybridized carbons (Fsp3) is 0.278. The molecule has 3 rings (SSSR count). The van der Waals surface area contributed by atoms with Gasteiger partial charge in [-0.15, -0.1) is 23.1 Å². The summed E-state index contributed by atoms with van der Waals surface area (Å²) < 4.78 is 0. The fourth-order valence-corrected chi connectivity index (χ4v) is 4.93. The van der Waals surface area contributed by atoms with E-state index < -0.39 is 0 Å². The van der Waals surface area contributed by atoms with Gasteiger partial charge in [0.2, 0.25) is 0 Å². The highest BCUT2D eigenvalue weighted by atomic mass is 32.2. The molecule has 1 aromatic heterocycles. The summed E-state index contributed by atoms with van der Waals surface area (Å²) in [6, 6.07) is 6.08. The topological polar surface area (TPSA) is 29.1 Å². The van der Waals surface area contributed by atoms with Crippen LogP contribution in [0.3, 0.4) is 0 Å². The predicted octanol–water partition coefficient (Wildman–Crippen LogP) is 5.21. The number of nitrogens with one attached hydrogen (secondary N) is 1. The highest BCUT2D eigenvalue weighted by molar-refractivity contribution is 8.03.